The topological polar surface area (TPSA) is 46.3 Å². The van der Waals surface area contributed by atoms with Crippen molar-refractivity contribution < 1.29 is 4.79 Å². The Bertz CT molecular complexity index is 449. The lowest BCUT2D eigenvalue weighted by Gasteiger charge is -2.25. The van der Waals surface area contributed by atoms with Gasteiger partial charge < -0.3 is 10.6 Å². The van der Waals surface area contributed by atoms with Gasteiger partial charge in [0.15, 0.2) is 0 Å². The van der Waals surface area contributed by atoms with Crippen LogP contribution in [0.5, 0.6) is 0 Å². The number of benzene rings is 1. The largest absolute Gasteiger partial charge is 0.335 e. The van der Waals surface area contributed by atoms with Crippen LogP contribution in [0.4, 0.5) is 0 Å². The van der Waals surface area contributed by atoms with Crippen LogP contribution in [0.15, 0.2) is 24.3 Å². The second kappa shape index (κ2) is 6.40. The summed E-state index contributed by atoms with van der Waals surface area (Å²) in [5.74, 6) is 0.663. The SMILES string of the molecule is CC(CN)C(=O)N(Cc1ccc(C(C)C)cc1)C1CC1. The zero-order chi connectivity index (χ0) is 14.7. The molecule has 1 amide bonds. The molecule has 0 bridgehead atoms. The molecule has 1 atom stereocenters. The second-order valence-corrected chi connectivity index (χ2v) is 6.23. The van der Waals surface area contributed by atoms with Gasteiger partial charge in [-0.05, 0) is 29.9 Å². The number of amides is 1. The lowest BCUT2D eigenvalue weighted by atomic mass is 10.0. The number of hydrogen-bond donors (Lipinski definition) is 1. The van der Waals surface area contributed by atoms with Crippen molar-refractivity contribution >= 4 is 5.91 Å². The van der Waals surface area contributed by atoms with Crippen LogP contribution in [-0.4, -0.2) is 23.4 Å². The van der Waals surface area contributed by atoms with Gasteiger partial charge in [0, 0.05) is 25.0 Å². The summed E-state index contributed by atoms with van der Waals surface area (Å²) in [6.45, 7) is 7.44. The highest BCUT2D eigenvalue weighted by Gasteiger charge is 2.34. The third kappa shape index (κ3) is 3.60. The zero-order valence-electron chi connectivity index (χ0n) is 12.8. The molecule has 0 saturated heterocycles. The van der Waals surface area contributed by atoms with E-state index in [2.05, 4.69) is 38.1 Å². The summed E-state index contributed by atoms with van der Waals surface area (Å²) in [7, 11) is 0. The summed E-state index contributed by atoms with van der Waals surface area (Å²) in [5, 5.41) is 0. The molecule has 2 N–H and O–H groups in total. The Morgan fingerprint density at radius 1 is 1.25 bits per heavy atom. The molecular weight excluding hydrogens is 248 g/mol. The summed E-state index contributed by atoms with van der Waals surface area (Å²) >= 11 is 0. The van der Waals surface area contributed by atoms with Crippen molar-refractivity contribution in [2.75, 3.05) is 6.54 Å². The first-order valence-electron chi connectivity index (χ1n) is 7.62. The van der Waals surface area contributed by atoms with Gasteiger partial charge >= 0.3 is 0 Å². The Morgan fingerprint density at radius 3 is 2.30 bits per heavy atom. The lowest BCUT2D eigenvalue weighted by Crippen LogP contribution is -2.38. The number of carbonyl (C=O) groups is 1. The van der Waals surface area contributed by atoms with Crippen LogP contribution in [-0.2, 0) is 11.3 Å². The third-order valence-corrected chi connectivity index (χ3v) is 4.05. The fraction of sp³-hybridized carbons (Fsp3) is 0.588. The fourth-order valence-electron chi connectivity index (χ4n) is 2.36. The van der Waals surface area contributed by atoms with E-state index in [-0.39, 0.29) is 11.8 Å². The molecule has 0 aliphatic heterocycles. The minimum Gasteiger partial charge on any atom is -0.335 e. The van der Waals surface area contributed by atoms with E-state index < -0.39 is 0 Å². The van der Waals surface area contributed by atoms with Gasteiger partial charge in [0.2, 0.25) is 5.91 Å². The van der Waals surface area contributed by atoms with Crippen molar-refractivity contribution in [3.8, 4) is 0 Å². The molecule has 3 heteroatoms. The monoisotopic (exact) mass is 274 g/mol. The van der Waals surface area contributed by atoms with E-state index in [9.17, 15) is 4.79 Å². The second-order valence-electron chi connectivity index (χ2n) is 6.23. The van der Waals surface area contributed by atoms with Crippen molar-refractivity contribution in [1.82, 2.24) is 4.90 Å². The Labute approximate surface area is 122 Å². The Kier molecular flexibility index (Phi) is 4.81. The number of rotatable bonds is 6. The average Bonchev–Trinajstić information content (AvgIpc) is 3.28. The molecule has 2 rings (SSSR count). The van der Waals surface area contributed by atoms with Gasteiger partial charge in [-0.15, -0.1) is 0 Å². The predicted molar refractivity (Wildman–Crippen MR) is 82.3 cm³/mol. The molecule has 110 valence electrons. The maximum atomic E-state index is 12.4. The molecule has 1 aliphatic carbocycles. The highest BCUT2D eigenvalue weighted by atomic mass is 16.2. The van der Waals surface area contributed by atoms with Gasteiger partial charge in [0.05, 0.1) is 0 Å². The molecule has 1 fully saturated rings. The lowest BCUT2D eigenvalue weighted by molar-refractivity contribution is -0.135. The first kappa shape index (κ1) is 15.0. The molecule has 20 heavy (non-hydrogen) atoms. The highest BCUT2D eigenvalue weighted by Crippen LogP contribution is 2.29. The van der Waals surface area contributed by atoms with Crippen LogP contribution in [0.1, 0.15) is 50.7 Å². The molecular formula is C17H26N2O. The van der Waals surface area contributed by atoms with Crippen LogP contribution in [0.3, 0.4) is 0 Å². The normalized spacial score (nSPS) is 16.2. The minimum atomic E-state index is -0.0782. The van der Waals surface area contributed by atoms with Crippen molar-refractivity contribution in [3.05, 3.63) is 35.4 Å². The zero-order valence-corrected chi connectivity index (χ0v) is 12.8. The van der Waals surface area contributed by atoms with E-state index in [1.165, 1.54) is 11.1 Å². The van der Waals surface area contributed by atoms with E-state index >= 15 is 0 Å². The number of hydrogen-bond acceptors (Lipinski definition) is 2. The van der Waals surface area contributed by atoms with Crippen LogP contribution in [0.2, 0.25) is 0 Å². The summed E-state index contributed by atoms with van der Waals surface area (Å²) in [4.78, 5) is 14.4. The molecule has 1 aromatic rings. The van der Waals surface area contributed by atoms with Gasteiger partial charge in [-0.2, -0.15) is 0 Å². The summed E-state index contributed by atoms with van der Waals surface area (Å²) in [5.41, 5.74) is 8.18. The molecule has 3 nitrogen and oxygen atoms in total. The van der Waals surface area contributed by atoms with Crippen molar-refractivity contribution in [1.29, 1.82) is 0 Å². The fourth-order valence-corrected chi connectivity index (χ4v) is 2.36. The van der Waals surface area contributed by atoms with Crippen LogP contribution in [0.25, 0.3) is 0 Å². The van der Waals surface area contributed by atoms with E-state index in [0.717, 1.165) is 12.8 Å². The highest BCUT2D eigenvalue weighted by molar-refractivity contribution is 5.79. The van der Waals surface area contributed by atoms with Crippen LogP contribution in [0, 0.1) is 5.92 Å². The van der Waals surface area contributed by atoms with Gasteiger partial charge in [0.1, 0.15) is 0 Å². The Morgan fingerprint density at radius 2 is 1.85 bits per heavy atom. The first-order chi connectivity index (χ1) is 9.52. The quantitative estimate of drug-likeness (QED) is 0.867. The number of carbonyl (C=O) groups excluding carboxylic acids is 1. The summed E-state index contributed by atoms with van der Waals surface area (Å²) < 4.78 is 0. The van der Waals surface area contributed by atoms with E-state index in [1.54, 1.807) is 0 Å². The molecule has 1 aromatic carbocycles. The molecule has 0 heterocycles. The van der Waals surface area contributed by atoms with Gasteiger partial charge in [-0.1, -0.05) is 45.0 Å². The average molecular weight is 274 g/mol. The standard InChI is InChI=1S/C17H26N2O/c1-12(2)15-6-4-14(5-7-15)11-19(16-8-9-16)17(20)13(3)10-18/h4-7,12-13,16H,8-11,18H2,1-3H3. The van der Waals surface area contributed by atoms with E-state index in [0.29, 0.717) is 25.0 Å². The van der Waals surface area contributed by atoms with Crippen LogP contribution < -0.4 is 5.73 Å². The Hall–Kier alpha value is -1.35. The van der Waals surface area contributed by atoms with Crippen LogP contribution >= 0.6 is 0 Å². The van der Waals surface area contributed by atoms with Crippen molar-refractivity contribution in [3.63, 3.8) is 0 Å². The number of nitrogens with zero attached hydrogens (tertiary/aromatic N) is 1. The molecule has 1 unspecified atom stereocenters. The van der Waals surface area contributed by atoms with E-state index in [4.69, 9.17) is 5.73 Å². The maximum absolute atomic E-state index is 12.4. The van der Waals surface area contributed by atoms with Gasteiger partial charge in [-0.25, -0.2) is 0 Å². The predicted octanol–water partition coefficient (Wildman–Crippen LogP) is 2.90. The van der Waals surface area contributed by atoms with Gasteiger partial charge in [0.25, 0.3) is 0 Å². The molecule has 0 spiro atoms. The summed E-state index contributed by atoms with van der Waals surface area (Å²) in [6.07, 6.45) is 2.26. The minimum absolute atomic E-state index is 0.0782. The third-order valence-electron chi connectivity index (χ3n) is 4.05. The number of nitrogens with two attached hydrogens (primary N) is 1. The molecule has 0 aromatic heterocycles. The Balaban J connectivity index is 2.06. The summed E-state index contributed by atoms with van der Waals surface area (Å²) in [6, 6.07) is 9.06. The van der Waals surface area contributed by atoms with Crippen molar-refractivity contribution in [2.45, 2.75) is 52.1 Å². The van der Waals surface area contributed by atoms with E-state index in [1.807, 2.05) is 11.8 Å². The molecule has 1 saturated carbocycles. The van der Waals surface area contributed by atoms with Gasteiger partial charge in [-0.3, -0.25) is 4.79 Å². The molecule has 0 radical (unpaired) electrons. The molecule has 1 aliphatic rings. The maximum Gasteiger partial charge on any atom is 0.227 e. The smallest absolute Gasteiger partial charge is 0.227 e. The van der Waals surface area contributed by atoms with Crippen molar-refractivity contribution in [2.24, 2.45) is 11.7 Å². The first-order valence-corrected chi connectivity index (χ1v) is 7.62.